The summed E-state index contributed by atoms with van der Waals surface area (Å²) < 4.78 is 15.6. The van der Waals surface area contributed by atoms with E-state index in [4.69, 9.17) is 38.0 Å². The molecule has 0 spiro atoms. The highest BCUT2D eigenvalue weighted by Crippen LogP contribution is 2.30. The maximum atomic E-state index is 13.1. The van der Waals surface area contributed by atoms with Crippen LogP contribution in [-0.2, 0) is 19.1 Å². The van der Waals surface area contributed by atoms with Gasteiger partial charge in [-0.3, -0.25) is 19.8 Å². The van der Waals surface area contributed by atoms with Crippen LogP contribution >= 0.6 is 23.8 Å². The number of carbonyl (C=O) groups excluding carboxylic acids is 3. The molecule has 0 unspecified atom stereocenters. The molecule has 0 saturated carbocycles. The van der Waals surface area contributed by atoms with Crippen molar-refractivity contribution in [3.63, 3.8) is 0 Å². The minimum absolute atomic E-state index is 0.0280. The molecule has 2 aromatic carbocycles. The highest BCUT2D eigenvalue weighted by molar-refractivity contribution is 7.80. The SMILES string of the molecule is CCOC(=O)COc1ccc(/C=C2\C(=O)NC(=S)N(c3ccc(Cl)cc3)C2=O)cc1OC. The van der Waals surface area contributed by atoms with Gasteiger partial charge in [0.25, 0.3) is 11.8 Å². The van der Waals surface area contributed by atoms with Crippen molar-refractivity contribution in [1.29, 1.82) is 0 Å². The van der Waals surface area contributed by atoms with Gasteiger partial charge in [0.05, 0.1) is 19.4 Å². The molecule has 0 bridgehead atoms. The second kappa shape index (κ2) is 10.3. The number of esters is 1. The van der Waals surface area contributed by atoms with Crippen LogP contribution in [0.3, 0.4) is 0 Å². The molecule has 10 heteroatoms. The van der Waals surface area contributed by atoms with Gasteiger partial charge < -0.3 is 14.2 Å². The smallest absolute Gasteiger partial charge is 0.344 e. The zero-order chi connectivity index (χ0) is 23.3. The first-order chi connectivity index (χ1) is 15.3. The molecule has 0 radical (unpaired) electrons. The number of hydrogen-bond acceptors (Lipinski definition) is 7. The molecule has 2 aromatic rings. The van der Waals surface area contributed by atoms with Crippen LogP contribution in [0.1, 0.15) is 12.5 Å². The molecule has 1 aliphatic rings. The number of thiocarbonyl (C=S) groups is 1. The molecular weight excluding hydrogens is 456 g/mol. The maximum Gasteiger partial charge on any atom is 0.344 e. The summed E-state index contributed by atoms with van der Waals surface area (Å²) >= 11 is 11.1. The largest absolute Gasteiger partial charge is 0.493 e. The normalized spacial score (nSPS) is 14.9. The molecule has 3 rings (SSSR count). The van der Waals surface area contributed by atoms with Crippen LogP contribution in [0.25, 0.3) is 6.08 Å². The summed E-state index contributed by atoms with van der Waals surface area (Å²) in [4.78, 5) is 38.3. The summed E-state index contributed by atoms with van der Waals surface area (Å²) in [5.41, 5.74) is 0.860. The quantitative estimate of drug-likeness (QED) is 0.285. The first-order valence-electron chi connectivity index (χ1n) is 9.47. The minimum Gasteiger partial charge on any atom is -0.493 e. The van der Waals surface area contributed by atoms with E-state index < -0.39 is 17.8 Å². The Labute approximate surface area is 194 Å². The second-order valence-electron chi connectivity index (χ2n) is 6.44. The lowest BCUT2D eigenvalue weighted by Crippen LogP contribution is -2.54. The number of ether oxygens (including phenoxy) is 3. The maximum absolute atomic E-state index is 13.1. The number of halogens is 1. The van der Waals surface area contributed by atoms with E-state index in [0.717, 1.165) is 0 Å². The molecule has 2 amide bonds. The van der Waals surface area contributed by atoms with Gasteiger partial charge in [-0.05, 0) is 67.2 Å². The summed E-state index contributed by atoms with van der Waals surface area (Å²) in [5, 5.41) is 2.99. The number of hydrogen-bond donors (Lipinski definition) is 1. The van der Waals surface area contributed by atoms with Crippen LogP contribution in [0, 0.1) is 0 Å². The van der Waals surface area contributed by atoms with Gasteiger partial charge in [0.1, 0.15) is 5.57 Å². The Morgan fingerprint density at radius 1 is 1.16 bits per heavy atom. The zero-order valence-electron chi connectivity index (χ0n) is 17.2. The predicted octanol–water partition coefficient (Wildman–Crippen LogP) is 3.12. The summed E-state index contributed by atoms with van der Waals surface area (Å²) in [7, 11) is 1.43. The summed E-state index contributed by atoms with van der Waals surface area (Å²) in [6.07, 6.45) is 1.42. The minimum atomic E-state index is -0.619. The standard InChI is InChI=1S/C22H19ClN2O6S/c1-3-30-19(26)12-31-17-9-4-13(11-18(17)29-2)10-16-20(27)24-22(32)25(21(16)28)15-7-5-14(23)6-8-15/h4-11H,3,12H2,1-2H3,(H,24,27,32)/b16-10+. The molecule has 32 heavy (non-hydrogen) atoms. The van der Waals surface area contributed by atoms with Crippen LogP contribution in [0.15, 0.2) is 48.0 Å². The van der Waals surface area contributed by atoms with Gasteiger partial charge in [-0.25, -0.2) is 4.79 Å². The Balaban J connectivity index is 1.87. The molecule has 1 N–H and O–H groups in total. The Hall–Kier alpha value is -3.43. The second-order valence-corrected chi connectivity index (χ2v) is 7.26. The van der Waals surface area contributed by atoms with Gasteiger partial charge in [-0.15, -0.1) is 0 Å². The summed E-state index contributed by atoms with van der Waals surface area (Å²) in [6, 6.07) is 11.3. The Morgan fingerprint density at radius 2 is 1.88 bits per heavy atom. The predicted molar refractivity (Wildman–Crippen MR) is 123 cm³/mol. The lowest BCUT2D eigenvalue weighted by Gasteiger charge is -2.29. The molecule has 8 nitrogen and oxygen atoms in total. The number of nitrogens with zero attached hydrogens (tertiary/aromatic N) is 1. The fraction of sp³-hybridized carbons (Fsp3) is 0.182. The Morgan fingerprint density at radius 3 is 2.53 bits per heavy atom. The van der Waals surface area contributed by atoms with Crippen molar-refractivity contribution in [2.75, 3.05) is 25.2 Å². The van der Waals surface area contributed by atoms with Gasteiger partial charge in [-0.2, -0.15) is 0 Å². The number of nitrogens with one attached hydrogen (secondary N) is 1. The zero-order valence-corrected chi connectivity index (χ0v) is 18.8. The van der Waals surface area contributed by atoms with Gasteiger partial charge in [0.15, 0.2) is 23.2 Å². The van der Waals surface area contributed by atoms with Gasteiger partial charge in [0.2, 0.25) is 0 Å². The van der Waals surface area contributed by atoms with E-state index in [2.05, 4.69) is 5.32 Å². The number of amides is 2. The topological polar surface area (TPSA) is 94.2 Å². The molecule has 1 saturated heterocycles. The van der Waals surface area contributed by atoms with E-state index in [9.17, 15) is 14.4 Å². The molecule has 0 aromatic heterocycles. The van der Waals surface area contributed by atoms with Crippen molar-refractivity contribution < 1.29 is 28.6 Å². The van der Waals surface area contributed by atoms with E-state index in [1.165, 1.54) is 18.1 Å². The number of methoxy groups -OCH3 is 1. The van der Waals surface area contributed by atoms with Gasteiger partial charge >= 0.3 is 5.97 Å². The van der Waals surface area contributed by atoms with E-state index in [0.29, 0.717) is 27.8 Å². The van der Waals surface area contributed by atoms with E-state index in [-0.39, 0.29) is 23.9 Å². The first-order valence-corrected chi connectivity index (χ1v) is 10.3. The Bertz CT molecular complexity index is 1100. The van der Waals surface area contributed by atoms with Crippen molar-refractivity contribution in [1.82, 2.24) is 5.32 Å². The first kappa shape index (κ1) is 23.2. The van der Waals surface area contributed by atoms with Crippen molar-refractivity contribution in [2.24, 2.45) is 0 Å². The molecule has 0 aliphatic carbocycles. The van der Waals surface area contributed by atoms with E-state index >= 15 is 0 Å². The molecule has 1 aliphatic heterocycles. The van der Waals surface area contributed by atoms with Gasteiger partial charge in [0, 0.05) is 5.02 Å². The lowest BCUT2D eigenvalue weighted by molar-refractivity contribution is -0.145. The number of anilines is 1. The van der Waals surface area contributed by atoms with Crippen molar-refractivity contribution in [2.45, 2.75) is 6.92 Å². The lowest BCUT2D eigenvalue weighted by atomic mass is 10.1. The van der Waals surface area contributed by atoms with Crippen LogP contribution in [0.4, 0.5) is 5.69 Å². The fourth-order valence-corrected chi connectivity index (χ4v) is 3.29. The number of rotatable bonds is 7. The molecular formula is C22H19ClN2O6S. The molecule has 1 fully saturated rings. The van der Waals surface area contributed by atoms with Crippen LogP contribution in [0.5, 0.6) is 11.5 Å². The average Bonchev–Trinajstić information content (AvgIpc) is 2.77. The highest BCUT2D eigenvalue weighted by Gasteiger charge is 2.34. The van der Waals surface area contributed by atoms with Crippen molar-refractivity contribution >= 4 is 58.5 Å². The third-order valence-electron chi connectivity index (χ3n) is 4.34. The molecule has 1 heterocycles. The fourth-order valence-electron chi connectivity index (χ4n) is 2.88. The van der Waals surface area contributed by atoms with Crippen molar-refractivity contribution in [3.05, 3.63) is 58.6 Å². The van der Waals surface area contributed by atoms with Crippen molar-refractivity contribution in [3.8, 4) is 11.5 Å². The summed E-state index contributed by atoms with van der Waals surface area (Å²) in [5.74, 6) is -1.08. The van der Waals surface area contributed by atoms with Crippen LogP contribution in [0.2, 0.25) is 5.02 Å². The molecule has 166 valence electrons. The third-order valence-corrected chi connectivity index (χ3v) is 4.87. The highest BCUT2D eigenvalue weighted by atomic mass is 35.5. The van der Waals surface area contributed by atoms with Gasteiger partial charge in [-0.1, -0.05) is 17.7 Å². The third kappa shape index (κ3) is 5.24. The molecule has 0 atom stereocenters. The average molecular weight is 475 g/mol. The summed E-state index contributed by atoms with van der Waals surface area (Å²) in [6.45, 7) is 1.67. The monoisotopic (exact) mass is 474 g/mol. The number of carbonyl (C=O) groups is 3. The van der Waals surface area contributed by atoms with E-state index in [1.54, 1.807) is 49.4 Å². The van der Waals surface area contributed by atoms with Crippen LogP contribution in [-0.4, -0.2) is 43.2 Å². The van der Waals surface area contributed by atoms with E-state index in [1.807, 2.05) is 0 Å². The Kier molecular flexibility index (Phi) is 7.45. The van der Waals surface area contributed by atoms with Crippen LogP contribution < -0.4 is 19.7 Å². The number of benzene rings is 2.